The Morgan fingerprint density at radius 1 is 1.05 bits per heavy atom. The lowest BCUT2D eigenvalue weighted by molar-refractivity contribution is -0.0628. The molecule has 0 N–H and O–H groups in total. The zero-order chi connectivity index (χ0) is 14.1. The van der Waals surface area contributed by atoms with Crippen LogP contribution in [0.1, 0.15) is 79.1 Å². The fraction of sp³-hybridized carbons (Fsp3) is 1.00. The molecule has 8 atom stereocenters. The second kappa shape index (κ2) is 4.26. The minimum absolute atomic E-state index is 0.723. The van der Waals surface area contributed by atoms with Gasteiger partial charge in [-0.25, -0.2) is 0 Å². The molecule has 8 unspecified atom stereocenters. The quantitative estimate of drug-likeness (QED) is 0.600. The lowest BCUT2D eigenvalue weighted by Gasteiger charge is -2.54. The van der Waals surface area contributed by atoms with Crippen LogP contribution < -0.4 is 0 Å². The van der Waals surface area contributed by atoms with Gasteiger partial charge >= 0.3 is 0 Å². The normalized spacial score (nSPS) is 60.0. The molecule has 1 spiro atoms. The van der Waals surface area contributed by atoms with Crippen LogP contribution in [0, 0.1) is 46.3 Å². The van der Waals surface area contributed by atoms with Crippen molar-refractivity contribution in [2.24, 2.45) is 46.3 Å². The van der Waals surface area contributed by atoms with E-state index in [0.29, 0.717) is 0 Å². The fourth-order valence-electron chi connectivity index (χ4n) is 8.32. The Labute approximate surface area is 126 Å². The van der Waals surface area contributed by atoms with E-state index in [0.717, 1.165) is 46.3 Å². The van der Waals surface area contributed by atoms with Crippen LogP contribution in [-0.4, -0.2) is 0 Å². The van der Waals surface area contributed by atoms with Gasteiger partial charge in [-0.3, -0.25) is 0 Å². The van der Waals surface area contributed by atoms with Crippen molar-refractivity contribution in [2.75, 3.05) is 0 Å². The van der Waals surface area contributed by atoms with E-state index in [2.05, 4.69) is 27.7 Å². The fourth-order valence-corrected chi connectivity index (χ4v) is 8.32. The van der Waals surface area contributed by atoms with E-state index in [1.54, 1.807) is 32.1 Å². The van der Waals surface area contributed by atoms with Gasteiger partial charge in [-0.1, -0.05) is 47.0 Å². The molecule has 4 aliphatic rings. The molecule has 0 aromatic heterocycles. The highest BCUT2D eigenvalue weighted by Crippen LogP contribution is 2.81. The van der Waals surface area contributed by atoms with Crippen molar-refractivity contribution < 1.29 is 0 Å². The number of hydrogen-bond donors (Lipinski definition) is 0. The lowest BCUT2D eigenvalue weighted by Crippen LogP contribution is -2.48. The molecule has 114 valence electrons. The van der Waals surface area contributed by atoms with Crippen LogP contribution in [0.2, 0.25) is 0 Å². The van der Waals surface area contributed by atoms with Gasteiger partial charge in [0.25, 0.3) is 0 Å². The van der Waals surface area contributed by atoms with Gasteiger partial charge in [0, 0.05) is 0 Å². The number of rotatable bonds is 3. The van der Waals surface area contributed by atoms with E-state index in [1.165, 1.54) is 19.3 Å². The van der Waals surface area contributed by atoms with Gasteiger partial charge in [0.2, 0.25) is 0 Å². The molecule has 0 aromatic carbocycles. The Hall–Kier alpha value is 0. The Morgan fingerprint density at radius 2 is 1.85 bits per heavy atom. The third-order valence-corrected chi connectivity index (χ3v) is 8.93. The largest absolute Gasteiger partial charge is 0.0654 e. The zero-order valence-corrected chi connectivity index (χ0v) is 14.1. The summed E-state index contributed by atoms with van der Waals surface area (Å²) in [5, 5.41) is 0. The van der Waals surface area contributed by atoms with Gasteiger partial charge < -0.3 is 0 Å². The van der Waals surface area contributed by atoms with Gasteiger partial charge in [0.1, 0.15) is 0 Å². The van der Waals surface area contributed by atoms with Crippen molar-refractivity contribution in [1.29, 1.82) is 0 Å². The molecule has 0 radical (unpaired) electrons. The summed E-state index contributed by atoms with van der Waals surface area (Å²) >= 11 is 0. The van der Waals surface area contributed by atoms with E-state index in [-0.39, 0.29) is 0 Å². The van der Waals surface area contributed by atoms with E-state index in [4.69, 9.17) is 0 Å². The van der Waals surface area contributed by atoms with Crippen LogP contribution in [0.25, 0.3) is 0 Å². The molecular weight excluding hydrogens is 240 g/mol. The zero-order valence-electron chi connectivity index (χ0n) is 14.1. The first-order valence-corrected chi connectivity index (χ1v) is 9.53. The van der Waals surface area contributed by atoms with Crippen molar-refractivity contribution in [3.63, 3.8) is 0 Å². The molecule has 4 saturated carbocycles. The van der Waals surface area contributed by atoms with Gasteiger partial charge in [-0.15, -0.1) is 0 Å². The summed E-state index contributed by atoms with van der Waals surface area (Å²) in [5.74, 6) is 6.38. The van der Waals surface area contributed by atoms with Crippen LogP contribution in [0.4, 0.5) is 0 Å². The Balaban J connectivity index is 1.67. The van der Waals surface area contributed by atoms with Gasteiger partial charge in [-0.05, 0) is 78.4 Å². The average molecular weight is 274 g/mol. The SMILES string of the molecule is CCCCC1CC2CC3(C)C4CC(CC4C)C3(C1)C2C. The molecule has 0 aromatic rings. The summed E-state index contributed by atoms with van der Waals surface area (Å²) in [6, 6.07) is 0. The van der Waals surface area contributed by atoms with Crippen LogP contribution in [0.5, 0.6) is 0 Å². The van der Waals surface area contributed by atoms with Crippen molar-refractivity contribution in [2.45, 2.75) is 79.1 Å². The third-order valence-electron chi connectivity index (χ3n) is 8.93. The third kappa shape index (κ3) is 1.40. The smallest absolute Gasteiger partial charge is 0.0181 e. The second-order valence-electron chi connectivity index (χ2n) is 9.41. The van der Waals surface area contributed by atoms with Crippen LogP contribution in [-0.2, 0) is 0 Å². The Bertz CT molecular complexity index is 399. The second-order valence-corrected chi connectivity index (χ2v) is 9.41. The minimum Gasteiger partial charge on any atom is -0.0654 e. The highest BCUT2D eigenvalue weighted by molar-refractivity contribution is 5.22. The summed E-state index contributed by atoms with van der Waals surface area (Å²) in [6.07, 6.45) is 12.3. The van der Waals surface area contributed by atoms with E-state index in [9.17, 15) is 0 Å². The molecule has 4 fully saturated rings. The predicted octanol–water partition coefficient (Wildman–Crippen LogP) is 5.91. The molecule has 4 rings (SSSR count). The van der Waals surface area contributed by atoms with Gasteiger partial charge in [-0.2, -0.15) is 0 Å². The molecule has 4 bridgehead atoms. The summed E-state index contributed by atoms with van der Waals surface area (Å²) < 4.78 is 0. The highest BCUT2D eigenvalue weighted by Gasteiger charge is 2.74. The molecule has 0 aliphatic heterocycles. The molecule has 0 amide bonds. The number of hydrogen-bond acceptors (Lipinski definition) is 0. The van der Waals surface area contributed by atoms with Crippen LogP contribution in [0.3, 0.4) is 0 Å². The maximum absolute atomic E-state index is 2.73. The first-order chi connectivity index (χ1) is 9.53. The summed E-state index contributed by atoms with van der Waals surface area (Å²) in [4.78, 5) is 0. The minimum atomic E-state index is 0.723. The van der Waals surface area contributed by atoms with Crippen LogP contribution >= 0.6 is 0 Å². The van der Waals surface area contributed by atoms with Crippen molar-refractivity contribution in [1.82, 2.24) is 0 Å². The molecule has 0 nitrogen and oxygen atoms in total. The molecule has 0 heteroatoms. The number of unbranched alkanes of at least 4 members (excludes halogenated alkanes) is 1. The first-order valence-electron chi connectivity index (χ1n) is 9.53. The van der Waals surface area contributed by atoms with Crippen molar-refractivity contribution in [3.8, 4) is 0 Å². The highest BCUT2D eigenvalue weighted by atomic mass is 14.8. The van der Waals surface area contributed by atoms with E-state index < -0.39 is 0 Å². The van der Waals surface area contributed by atoms with Gasteiger partial charge in [0.15, 0.2) is 0 Å². The van der Waals surface area contributed by atoms with E-state index >= 15 is 0 Å². The maximum atomic E-state index is 2.73. The maximum Gasteiger partial charge on any atom is -0.0181 e. The first kappa shape index (κ1) is 13.6. The Kier molecular flexibility index (Phi) is 2.91. The predicted molar refractivity (Wildman–Crippen MR) is 85.4 cm³/mol. The standard InChI is InChI=1S/C20H34/c1-5-6-7-15-9-16-12-19(4)18-10-17(8-13(18)2)20(19,11-15)14(16)3/h13-18H,5-12H2,1-4H3. The molecule has 20 heavy (non-hydrogen) atoms. The summed E-state index contributed by atoms with van der Waals surface area (Å²) in [6.45, 7) is 10.3. The molecule has 4 aliphatic carbocycles. The van der Waals surface area contributed by atoms with Crippen molar-refractivity contribution in [3.05, 3.63) is 0 Å². The molecule has 0 saturated heterocycles. The summed E-state index contributed by atoms with van der Waals surface area (Å²) in [5.41, 5.74) is 1.49. The molecule has 0 heterocycles. The van der Waals surface area contributed by atoms with Gasteiger partial charge in [0.05, 0.1) is 0 Å². The van der Waals surface area contributed by atoms with Crippen molar-refractivity contribution >= 4 is 0 Å². The summed E-state index contributed by atoms with van der Waals surface area (Å²) in [7, 11) is 0. The van der Waals surface area contributed by atoms with E-state index in [1.807, 2.05) is 0 Å². The monoisotopic (exact) mass is 274 g/mol. The average Bonchev–Trinajstić information content (AvgIpc) is 2.92. The molecular formula is C20H34. The van der Waals surface area contributed by atoms with Crippen LogP contribution in [0.15, 0.2) is 0 Å². The topological polar surface area (TPSA) is 0 Å². The lowest BCUT2D eigenvalue weighted by atomic mass is 9.50. The Morgan fingerprint density at radius 3 is 2.60 bits per heavy atom. The number of fused-ring (bicyclic) bond motifs is 4.